The Balaban J connectivity index is 1.59. The van der Waals surface area contributed by atoms with Crippen molar-refractivity contribution < 1.29 is 23.5 Å². The third kappa shape index (κ3) is 5.52. The van der Waals surface area contributed by atoms with Crippen LogP contribution in [0.1, 0.15) is 20.7 Å². The van der Waals surface area contributed by atoms with Crippen molar-refractivity contribution in [3.05, 3.63) is 64.4 Å². The molecule has 1 fully saturated rings. The van der Waals surface area contributed by atoms with Crippen LogP contribution in [-0.4, -0.2) is 79.3 Å². The van der Waals surface area contributed by atoms with E-state index < -0.39 is 5.82 Å². The van der Waals surface area contributed by atoms with Gasteiger partial charge in [0.1, 0.15) is 11.6 Å². The predicted molar refractivity (Wildman–Crippen MR) is 114 cm³/mol. The summed E-state index contributed by atoms with van der Waals surface area (Å²) in [5, 5.41) is 0.0630. The summed E-state index contributed by atoms with van der Waals surface area (Å²) < 4.78 is 18.7. The standard InChI is InChI=1S/C22H23ClFN3O4/c1-25(2)20(28)14-31-17-5-3-4-15(12-17)21(29)26-8-10-27(11-9-26)22(30)18-7-6-16(24)13-19(18)23/h3-7,12-13H,8-11,14H2,1-2H3. The molecule has 1 aliphatic heterocycles. The molecule has 1 saturated heterocycles. The van der Waals surface area contributed by atoms with Crippen molar-refractivity contribution in [2.24, 2.45) is 0 Å². The molecule has 0 unspecified atom stereocenters. The minimum Gasteiger partial charge on any atom is -0.484 e. The van der Waals surface area contributed by atoms with Crippen LogP contribution in [0.5, 0.6) is 5.75 Å². The third-order valence-corrected chi connectivity index (χ3v) is 5.27. The van der Waals surface area contributed by atoms with Gasteiger partial charge in [-0.05, 0) is 36.4 Å². The SMILES string of the molecule is CN(C)C(=O)COc1cccc(C(=O)N2CCN(C(=O)c3ccc(F)cc3Cl)CC2)c1. The molecule has 0 N–H and O–H groups in total. The van der Waals surface area contributed by atoms with E-state index in [0.717, 1.165) is 6.07 Å². The number of amides is 3. The Morgan fingerprint density at radius 2 is 1.65 bits per heavy atom. The Bertz CT molecular complexity index is 990. The van der Waals surface area contributed by atoms with Gasteiger partial charge >= 0.3 is 0 Å². The lowest BCUT2D eigenvalue weighted by Crippen LogP contribution is -2.50. The molecular formula is C22H23ClFN3O4. The fourth-order valence-corrected chi connectivity index (χ4v) is 3.37. The molecule has 1 aliphatic rings. The molecule has 9 heteroatoms. The molecular weight excluding hydrogens is 425 g/mol. The molecule has 3 rings (SSSR count). The van der Waals surface area contributed by atoms with E-state index in [9.17, 15) is 18.8 Å². The number of ether oxygens (including phenoxy) is 1. The molecule has 164 valence electrons. The van der Waals surface area contributed by atoms with Crippen LogP contribution in [0.4, 0.5) is 4.39 Å². The van der Waals surface area contributed by atoms with Gasteiger partial charge in [-0.3, -0.25) is 14.4 Å². The Hall–Kier alpha value is -3.13. The molecule has 0 bridgehead atoms. The number of likely N-dealkylation sites (N-methyl/N-ethyl adjacent to an activating group) is 1. The fraction of sp³-hybridized carbons (Fsp3) is 0.318. The zero-order chi connectivity index (χ0) is 22.5. The lowest BCUT2D eigenvalue weighted by Gasteiger charge is -2.35. The highest BCUT2D eigenvalue weighted by atomic mass is 35.5. The molecule has 31 heavy (non-hydrogen) atoms. The topological polar surface area (TPSA) is 70.2 Å². The van der Waals surface area contributed by atoms with Crippen LogP contribution < -0.4 is 4.74 Å². The molecule has 1 heterocycles. The lowest BCUT2D eigenvalue weighted by molar-refractivity contribution is -0.130. The summed E-state index contributed by atoms with van der Waals surface area (Å²) in [6, 6.07) is 10.3. The number of hydrogen-bond acceptors (Lipinski definition) is 4. The highest BCUT2D eigenvalue weighted by molar-refractivity contribution is 6.33. The number of nitrogens with zero attached hydrogens (tertiary/aromatic N) is 3. The van der Waals surface area contributed by atoms with Crippen LogP contribution in [0, 0.1) is 5.82 Å². The molecule has 0 radical (unpaired) electrons. The number of carbonyl (C=O) groups excluding carboxylic acids is 3. The fourth-order valence-electron chi connectivity index (χ4n) is 3.12. The van der Waals surface area contributed by atoms with Crippen molar-refractivity contribution in [1.82, 2.24) is 14.7 Å². The first-order valence-corrected chi connectivity index (χ1v) is 10.1. The number of piperazine rings is 1. The van der Waals surface area contributed by atoms with Crippen molar-refractivity contribution in [3.63, 3.8) is 0 Å². The van der Waals surface area contributed by atoms with Crippen LogP contribution in [0.15, 0.2) is 42.5 Å². The Morgan fingerprint density at radius 3 is 2.26 bits per heavy atom. The quantitative estimate of drug-likeness (QED) is 0.706. The summed E-state index contributed by atoms with van der Waals surface area (Å²) >= 11 is 5.99. The van der Waals surface area contributed by atoms with Crippen molar-refractivity contribution in [1.29, 1.82) is 0 Å². The van der Waals surface area contributed by atoms with E-state index in [1.165, 1.54) is 17.0 Å². The zero-order valence-corrected chi connectivity index (χ0v) is 18.1. The van der Waals surface area contributed by atoms with E-state index in [-0.39, 0.29) is 34.9 Å². The molecule has 0 aliphatic carbocycles. The maximum absolute atomic E-state index is 13.2. The first-order chi connectivity index (χ1) is 14.8. The van der Waals surface area contributed by atoms with Gasteiger partial charge in [-0.25, -0.2) is 4.39 Å². The summed E-state index contributed by atoms with van der Waals surface area (Å²) in [5.41, 5.74) is 0.677. The molecule has 0 saturated carbocycles. The highest BCUT2D eigenvalue weighted by Gasteiger charge is 2.26. The second-order valence-corrected chi connectivity index (χ2v) is 7.72. The van der Waals surface area contributed by atoms with E-state index in [4.69, 9.17) is 16.3 Å². The van der Waals surface area contributed by atoms with Gasteiger partial charge in [0.05, 0.1) is 10.6 Å². The predicted octanol–water partition coefficient (Wildman–Crippen LogP) is 2.54. The average Bonchev–Trinajstić information content (AvgIpc) is 2.76. The van der Waals surface area contributed by atoms with Crippen molar-refractivity contribution in [2.75, 3.05) is 46.9 Å². The van der Waals surface area contributed by atoms with Crippen LogP contribution in [0.2, 0.25) is 5.02 Å². The lowest BCUT2D eigenvalue weighted by atomic mass is 10.1. The molecule has 0 spiro atoms. The van der Waals surface area contributed by atoms with Gasteiger partial charge in [-0.2, -0.15) is 0 Å². The van der Waals surface area contributed by atoms with E-state index in [2.05, 4.69) is 0 Å². The monoisotopic (exact) mass is 447 g/mol. The Labute approximate surface area is 184 Å². The van der Waals surface area contributed by atoms with Crippen LogP contribution in [0.3, 0.4) is 0 Å². The van der Waals surface area contributed by atoms with Crippen LogP contribution in [-0.2, 0) is 4.79 Å². The zero-order valence-electron chi connectivity index (χ0n) is 17.3. The molecule has 0 aromatic heterocycles. The minimum atomic E-state index is -0.505. The molecule has 7 nitrogen and oxygen atoms in total. The van der Waals surface area contributed by atoms with Gasteiger partial charge in [-0.15, -0.1) is 0 Å². The molecule has 2 aromatic carbocycles. The summed E-state index contributed by atoms with van der Waals surface area (Å²) in [6.07, 6.45) is 0. The molecule has 2 aromatic rings. The minimum absolute atomic E-state index is 0.0630. The molecule has 0 atom stereocenters. The van der Waals surface area contributed by atoms with Crippen LogP contribution >= 0.6 is 11.6 Å². The number of benzene rings is 2. The third-order valence-electron chi connectivity index (χ3n) is 4.96. The first-order valence-electron chi connectivity index (χ1n) is 9.73. The second-order valence-electron chi connectivity index (χ2n) is 7.31. The van der Waals surface area contributed by atoms with Gasteiger partial charge in [-0.1, -0.05) is 17.7 Å². The smallest absolute Gasteiger partial charge is 0.259 e. The average molecular weight is 448 g/mol. The Morgan fingerprint density at radius 1 is 1.00 bits per heavy atom. The van der Waals surface area contributed by atoms with Gasteiger partial charge in [0.25, 0.3) is 17.7 Å². The maximum Gasteiger partial charge on any atom is 0.259 e. The summed E-state index contributed by atoms with van der Waals surface area (Å²) in [7, 11) is 3.28. The van der Waals surface area contributed by atoms with Crippen molar-refractivity contribution in [2.45, 2.75) is 0 Å². The van der Waals surface area contributed by atoms with E-state index in [1.54, 1.807) is 48.2 Å². The number of hydrogen-bond donors (Lipinski definition) is 0. The van der Waals surface area contributed by atoms with Gasteiger partial charge < -0.3 is 19.4 Å². The summed E-state index contributed by atoms with van der Waals surface area (Å²) in [5.74, 6) is -0.733. The van der Waals surface area contributed by atoms with E-state index in [1.807, 2.05) is 0 Å². The van der Waals surface area contributed by atoms with Gasteiger partial charge in [0, 0.05) is 45.8 Å². The van der Waals surface area contributed by atoms with E-state index in [0.29, 0.717) is 37.5 Å². The first kappa shape index (κ1) is 22.6. The highest BCUT2D eigenvalue weighted by Crippen LogP contribution is 2.21. The maximum atomic E-state index is 13.2. The van der Waals surface area contributed by atoms with E-state index >= 15 is 0 Å². The van der Waals surface area contributed by atoms with Gasteiger partial charge in [0.2, 0.25) is 0 Å². The van der Waals surface area contributed by atoms with Crippen LogP contribution in [0.25, 0.3) is 0 Å². The number of carbonyl (C=O) groups is 3. The Kier molecular flexibility index (Phi) is 7.12. The number of halogens is 2. The second kappa shape index (κ2) is 9.78. The summed E-state index contributed by atoms with van der Waals surface area (Å²) in [4.78, 5) is 41.9. The van der Waals surface area contributed by atoms with Crippen molar-refractivity contribution >= 4 is 29.3 Å². The largest absolute Gasteiger partial charge is 0.484 e. The number of rotatable bonds is 5. The normalized spacial score (nSPS) is 13.7. The summed E-state index contributed by atoms with van der Waals surface area (Å²) in [6.45, 7) is 1.27. The van der Waals surface area contributed by atoms with Crippen molar-refractivity contribution in [3.8, 4) is 5.75 Å². The van der Waals surface area contributed by atoms with Gasteiger partial charge in [0.15, 0.2) is 6.61 Å². The molecule has 3 amide bonds.